The van der Waals surface area contributed by atoms with Gasteiger partial charge in [0.05, 0.1) is 36.2 Å². The molecule has 0 saturated carbocycles. The Morgan fingerprint density at radius 1 is 0.812 bits per heavy atom. The van der Waals surface area contributed by atoms with Gasteiger partial charge >= 0.3 is 0 Å². The molecule has 8 nitrogen and oxygen atoms in total. The van der Waals surface area contributed by atoms with Crippen molar-refractivity contribution in [1.29, 1.82) is 0 Å². The van der Waals surface area contributed by atoms with Gasteiger partial charge in [0.1, 0.15) is 11.5 Å². The molecule has 0 spiro atoms. The number of nitro benzene ring substituents is 1. The maximum absolute atomic E-state index is 12.9. The van der Waals surface area contributed by atoms with E-state index < -0.39 is 21.6 Å². The van der Waals surface area contributed by atoms with Crippen molar-refractivity contribution in [3.05, 3.63) is 82.4 Å². The molecule has 0 aliphatic rings. The van der Waals surface area contributed by atoms with Gasteiger partial charge in [-0.2, -0.15) is 8.42 Å². The van der Waals surface area contributed by atoms with Crippen LogP contribution in [0.25, 0.3) is 21.5 Å². The lowest BCUT2D eigenvalue weighted by Gasteiger charge is -2.16. The van der Waals surface area contributed by atoms with Crippen LogP contribution in [0.1, 0.15) is 5.56 Å². The number of methoxy groups -OCH3 is 2. The zero-order chi connectivity index (χ0) is 22.9. The van der Waals surface area contributed by atoms with Crippen molar-refractivity contribution >= 4 is 37.4 Å². The largest absolute Gasteiger partial charge is 0.495 e. The Labute approximate surface area is 184 Å². The third-order valence-corrected chi connectivity index (χ3v) is 6.41. The van der Waals surface area contributed by atoms with Crippen LogP contribution in [0, 0.1) is 10.1 Å². The molecule has 0 heterocycles. The molecule has 0 aliphatic heterocycles. The highest BCUT2D eigenvalue weighted by molar-refractivity contribution is 7.86. The summed E-state index contributed by atoms with van der Waals surface area (Å²) in [7, 11) is -1.15. The summed E-state index contributed by atoms with van der Waals surface area (Å²) in [4.78, 5) is 10.5. The van der Waals surface area contributed by atoms with E-state index in [-0.39, 0.29) is 16.1 Å². The number of nitro groups is 1. The van der Waals surface area contributed by atoms with Gasteiger partial charge in [0.2, 0.25) is 0 Å². The highest BCUT2D eigenvalue weighted by Crippen LogP contribution is 2.43. The average molecular weight is 453 g/mol. The van der Waals surface area contributed by atoms with Gasteiger partial charge in [-0.25, -0.2) is 0 Å². The fraction of sp³-hybridized carbons (Fsp3) is 0.130. The van der Waals surface area contributed by atoms with Crippen molar-refractivity contribution in [2.75, 3.05) is 14.2 Å². The highest BCUT2D eigenvalue weighted by atomic mass is 32.2. The second-order valence-electron chi connectivity index (χ2n) is 6.92. The zero-order valence-electron chi connectivity index (χ0n) is 17.3. The summed E-state index contributed by atoms with van der Waals surface area (Å²) in [6.07, 6.45) is 0. The van der Waals surface area contributed by atoms with Crippen LogP contribution >= 0.6 is 0 Å². The van der Waals surface area contributed by atoms with Crippen LogP contribution < -0.4 is 9.47 Å². The van der Waals surface area contributed by atoms with E-state index in [1.807, 2.05) is 24.3 Å². The third kappa shape index (κ3) is 3.72. The van der Waals surface area contributed by atoms with Gasteiger partial charge in [0.15, 0.2) is 0 Å². The lowest BCUT2D eigenvalue weighted by atomic mass is 10.0. The molecule has 0 amide bonds. The molecule has 0 unspecified atom stereocenters. The van der Waals surface area contributed by atoms with Gasteiger partial charge in [-0.05, 0) is 24.3 Å². The first-order valence-corrected chi connectivity index (χ1v) is 11.0. The summed E-state index contributed by atoms with van der Waals surface area (Å²) in [5.41, 5.74) is -0.0498. The van der Waals surface area contributed by atoms with E-state index in [1.54, 1.807) is 19.2 Å². The normalized spacial score (nSPS) is 11.6. The van der Waals surface area contributed by atoms with Crippen LogP contribution in [0.4, 0.5) is 5.69 Å². The molecule has 4 rings (SSSR count). The van der Waals surface area contributed by atoms with E-state index >= 15 is 0 Å². The molecule has 0 radical (unpaired) electrons. The first kappa shape index (κ1) is 21.5. The van der Waals surface area contributed by atoms with Gasteiger partial charge in [-0.3, -0.25) is 14.3 Å². The molecule has 32 heavy (non-hydrogen) atoms. The molecule has 0 saturated heterocycles. The van der Waals surface area contributed by atoms with E-state index in [0.29, 0.717) is 22.3 Å². The zero-order valence-corrected chi connectivity index (χ0v) is 18.1. The summed E-state index contributed by atoms with van der Waals surface area (Å²) in [6.45, 7) is -0.463. The van der Waals surface area contributed by atoms with Crippen molar-refractivity contribution in [2.45, 2.75) is 11.5 Å². The molecule has 9 heteroatoms. The second kappa shape index (κ2) is 8.45. The Hall–Kier alpha value is -3.69. The van der Waals surface area contributed by atoms with Gasteiger partial charge in [-0.15, -0.1) is 0 Å². The third-order valence-electron chi connectivity index (χ3n) is 5.15. The Morgan fingerprint density at radius 2 is 1.38 bits per heavy atom. The van der Waals surface area contributed by atoms with Gasteiger partial charge < -0.3 is 9.47 Å². The van der Waals surface area contributed by atoms with Crippen molar-refractivity contribution in [2.24, 2.45) is 0 Å². The summed E-state index contributed by atoms with van der Waals surface area (Å²) >= 11 is 0. The van der Waals surface area contributed by atoms with Gasteiger partial charge in [-0.1, -0.05) is 36.4 Å². The number of fused-ring (bicyclic) bond motifs is 2. The van der Waals surface area contributed by atoms with Crippen molar-refractivity contribution in [3.8, 4) is 11.5 Å². The Balaban J connectivity index is 1.80. The first-order valence-electron chi connectivity index (χ1n) is 9.55. The number of rotatable bonds is 7. The summed E-state index contributed by atoms with van der Waals surface area (Å²) in [6, 6.07) is 17.8. The smallest absolute Gasteiger partial charge is 0.297 e. The van der Waals surface area contributed by atoms with Crippen molar-refractivity contribution < 1.29 is 27.0 Å². The van der Waals surface area contributed by atoms with Gasteiger partial charge in [0.25, 0.3) is 15.8 Å². The first-order chi connectivity index (χ1) is 15.4. The summed E-state index contributed by atoms with van der Waals surface area (Å²) in [5.74, 6) is 1.10. The lowest BCUT2D eigenvalue weighted by Crippen LogP contribution is -2.08. The van der Waals surface area contributed by atoms with E-state index in [1.165, 1.54) is 37.4 Å². The predicted molar refractivity (Wildman–Crippen MR) is 120 cm³/mol. The maximum atomic E-state index is 12.9. The molecule has 0 bridgehead atoms. The Bertz CT molecular complexity index is 1450. The van der Waals surface area contributed by atoms with Crippen molar-refractivity contribution in [3.63, 3.8) is 0 Å². The number of hydrogen-bond acceptors (Lipinski definition) is 7. The van der Waals surface area contributed by atoms with Crippen LogP contribution in [0.3, 0.4) is 0 Å². The number of hydrogen-bond donors (Lipinski definition) is 0. The number of para-hydroxylation sites is 1. The van der Waals surface area contributed by atoms with Crippen molar-refractivity contribution in [1.82, 2.24) is 0 Å². The standard InChI is InChI=1S/C23H19NO7S/c1-29-22-17-8-4-5-9-18(17)23(30-2)20-13-16(11-12-19(20)22)32(27,28)31-14-15-7-3-6-10-21(15)24(25)26/h3-13H,14H2,1-2H3. The summed E-state index contributed by atoms with van der Waals surface area (Å²) in [5, 5.41) is 14.0. The van der Waals surface area contributed by atoms with Crippen LogP contribution in [-0.4, -0.2) is 27.6 Å². The van der Waals surface area contributed by atoms with E-state index in [4.69, 9.17) is 13.7 Å². The summed E-state index contributed by atoms with van der Waals surface area (Å²) < 4.78 is 42.1. The second-order valence-corrected chi connectivity index (χ2v) is 8.54. The molecular weight excluding hydrogens is 434 g/mol. The highest BCUT2D eigenvalue weighted by Gasteiger charge is 2.22. The minimum absolute atomic E-state index is 0.0979. The van der Waals surface area contributed by atoms with Crippen LogP contribution in [-0.2, 0) is 20.9 Å². The van der Waals surface area contributed by atoms with Crippen LogP contribution in [0.5, 0.6) is 11.5 Å². The molecule has 0 fully saturated rings. The minimum Gasteiger partial charge on any atom is -0.495 e. The number of ether oxygens (including phenoxy) is 2. The molecule has 0 aromatic heterocycles. The number of benzene rings is 4. The fourth-order valence-electron chi connectivity index (χ4n) is 3.69. The van der Waals surface area contributed by atoms with E-state index in [9.17, 15) is 18.5 Å². The SMILES string of the molecule is COc1c2ccccc2c(OC)c2cc(S(=O)(=O)OCc3ccccc3[N+](=O)[O-])ccc12. The minimum atomic E-state index is -4.21. The van der Waals surface area contributed by atoms with Gasteiger partial charge in [0, 0.05) is 27.6 Å². The number of nitrogens with zero attached hydrogens (tertiary/aromatic N) is 1. The molecule has 0 N–H and O–H groups in total. The van der Waals surface area contributed by atoms with Crippen LogP contribution in [0.2, 0.25) is 0 Å². The Morgan fingerprint density at radius 3 is 2.00 bits per heavy atom. The fourth-order valence-corrected chi connectivity index (χ4v) is 4.61. The van der Waals surface area contributed by atoms with Crippen LogP contribution in [0.15, 0.2) is 71.6 Å². The molecule has 4 aromatic rings. The predicted octanol–water partition coefficient (Wildman–Crippen LogP) is 4.82. The molecule has 164 valence electrons. The molecular formula is C23H19NO7S. The average Bonchev–Trinajstić information content (AvgIpc) is 2.80. The molecule has 0 atom stereocenters. The Kier molecular flexibility index (Phi) is 5.68. The van der Waals surface area contributed by atoms with E-state index in [0.717, 1.165) is 10.8 Å². The molecule has 4 aromatic carbocycles. The quantitative estimate of drug-likeness (QED) is 0.171. The molecule has 0 aliphatic carbocycles. The maximum Gasteiger partial charge on any atom is 0.297 e. The van der Waals surface area contributed by atoms with E-state index in [2.05, 4.69) is 0 Å². The lowest BCUT2D eigenvalue weighted by molar-refractivity contribution is -0.385. The topological polar surface area (TPSA) is 105 Å². The monoisotopic (exact) mass is 453 g/mol.